The maximum Gasteiger partial charge on any atom is 0.0965 e. The summed E-state index contributed by atoms with van der Waals surface area (Å²) in [5.41, 5.74) is 1.50. The van der Waals surface area contributed by atoms with Crippen molar-refractivity contribution in [3.63, 3.8) is 0 Å². The van der Waals surface area contributed by atoms with E-state index >= 15 is 0 Å². The molecule has 1 aliphatic heterocycles. The van der Waals surface area contributed by atoms with Crippen LogP contribution in [0.1, 0.15) is 95.0 Å². The minimum atomic E-state index is 0.580. The second-order valence-corrected chi connectivity index (χ2v) is 7.96. The third-order valence-electron chi connectivity index (χ3n) is 5.97. The van der Waals surface area contributed by atoms with E-state index in [4.69, 9.17) is 4.99 Å². The second-order valence-electron chi connectivity index (χ2n) is 7.96. The third kappa shape index (κ3) is 6.17. The fourth-order valence-electron chi connectivity index (χ4n) is 4.50. The van der Waals surface area contributed by atoms with Crippen LogP contribution < -0.4 is 5.32 Å². The predicted octanol–water partition coefficient (Wildman–Crippen LogP) is 6.23. The lowest BCUT2D eigenvalue weighted by Gasteiger charge is -2.23. The zero-order valence-corrected chi connectivity index (χ0v) is 15.9. The SMILES string of the molecule is c1ccc([C@H]2CCC[C@H]2NC2=NCCCCCCCCCCC2)cc1. The summed E-state index contributed by atoms with van der Waals surface area (Å²) in [6.45, 7) is 1.02. The van der Waals surface area contributed by atoms with Crippen molar-refractivity contribution in [1.82, 2.24) is 5.32 Å². The molecule has 1 aromatic rings. The number of aliphatic imine (C=N–C) groups is 1. The van der Waals surface area contributed by atoms with E-state index in [1.165, 1.54) is 88.4 Å². The Kier molecular flexibility index (Phi) is 7.86. The normalized spacial score (nSPS) is 26.8. The average Bonchev–Trinajstić information content (AvgIpc) is 3.11. The van der Waals surface area contributed by atoms with Crippen molar-refractivity contribution in [3.05, 3.63) is 35.9 Å². The molecule has 0 aromatic heterocycles. The van der Waals surface area contributed by atoms with Crippen LogP contribution in [0, 0.1) is 0 Å². The molecule has 2 atom stereocenters. The van der Waals surface area contributed by atoms with Crippen LogP contribution in [0.3, 0.4) is 0 Å². The van der Waals surface area contributed by atoms with Gasteiger partial charge in [0, 0.05) is 24.9 Å². The van der Waals surface area contributed by atoms with Gasteiger partial charge >= 0.3 is 0 Å². The van der Waals surface area contributed by atoms with Crippen LogP contribution >= 0.6 is 0 Å². The van der Waals surface area contributed by atoms with Crippen molar-refractivity contribution in [2.75, 3.05) is 6.54 Å². The summed E-state index contributed by atoms with van der Waals surface area (Å²) in [4.78, 5) is 4.98. The molecule has 2 heteroatoms. The van der Waals surface area contributed by atoms with E-state index in [-0.39, 0.29) is 0 Å². The Balaban J connectivity index is 1.59. The van der Waals surface area contributed by atoms with Crippen molar-refractivity contribution in [3.8, 4) is 0 Å². The van der Waals surface area contributed by atoms with Gasteiger partial charge in [-0.25, -0.2) is 0 Å². The number of hydrogen-bond acceptors (Lipinski definition) is 2. The van der Waals surface area contributed by atoms with E-state index in [1.807, 2.05) is 0 Å². The fourth-order valence-corrected chi connectivity index (χ4v) is 4.50. The van der Waals surface area contributed by atoms with Gasteiger partial charge in [0.05, 0.1) is 5.84 Å². The second kappa shape index (κ2) is 10.6. The zero-order valence-electron chi connectivity index (χ0n) is 15.9. The molecule has 25 heavy (non-hydrogen) atoms. The Bertz CT molecular complexity index is 508. The van der Waals surface area contributed by atoms with E-state index in [0.717, 1.165) is 13.0 Å². The van der Waals surface area contributed by atoms with Gasteiger partial charge in [-0.05, 0) is 31.2 Å². The smallest absolute Gasteiger partial charge is 0.0965 e. The summed E-state index contributed by atoms with van der Waals surface area (Å²) < 4.78 is 0. The largest absolute Gasteiger partial charge is 0.370 e. The quantitative estimate of drug-likeness (QED) is 0.678. The van der Waals surface area contributed by atoms with E-state index in [2.05, 4.69) is 35.6 Å². The lowest BCUT2D eigenvalue weighted by atomic mass is 9.94. The molecule has 1 aliphatic carbocycles. The summed E-state index contributed by atoms with van der Waals surface area (Å²) in [5.74, 6) is 1.96. The first-order valence-corrected chi connectivity index (χ1v) is 10.8. The average molecular weight is 341 g/mol. The molecule has 3 rings (SSSR count). The van der Waals surface area contributed by atoms with E-state index in [1.54, 1.807) is 0 Å². The Labute approximate surface area is 154 Å². The Morgan fingerprint density at radius 1 is 0.720 bits per heavy atom. The molecule has 0 spiro atoms. The first-order valence-electron chi connectivity index (χ1n) is 10.8. The van der Waals surface area contributed by atoms with Crippen LogP contribution in [-0.4, -0.2) is 18.4 Å². The van der Waals surface area contributed by atoms with Gasteiger partial charge < -0.3 is 5.32 Å². The van der Waals surface area contributed by atoms with Crippen LogP contribution in [-0.2, 0) is 0 Å². The molecule has 2 aliphatic rings. The summed E-state index contributed by atoms with van der Waals surface area (Å²) in [6, 6.07) is 11.7. The fraction of sp³-hybridized carbons (Fsp3) is 0.696. The van der Waals surface area contributed by atoms with Gasteiger partial charge in [0.1, 0.15) is 0 Å². The van der Waals surface area contributed by atoms with E-state index in [9.17, 15) is 0 Å². The van der Waals surface area contributed by atoms with Crippen LogP contribution in [0.15, 0.2) is 35.3 Å². The lowest BCUT2D eigenvalue weighted by molar-refractivity contribution is 0.547. The minimum Gasteiger partial charge on any atom is -0.370 e. The van der Waals surface area contributed by atoms with Crippen molar-refractivity contribution in [2.24, 2.45) is 4.99 Å². The first-order chi connectivity index (χ1) is 12.4. The molecule has 0 saturated heterocycles. The molecule has 1 saturated carbocycles. The van der Waals surface area contributed by atoms with E-state index < -0.39 is 0 Å². The molecular formula is C23H36N2. The van der Waals surface area contributed by atoms with Gasteiger partial charge in [-0.2, -0.15) is 0 Å². The van der Waals surface area contributed by atoms with E-state index in [0.29, 0.717) is 12.0 Å². The van der Waals surface area contributed by atoms with Gasteiger partial charge in [0.25, 0.3) is 0 Å². The van der Waals surface area contributed by atoms with Crippen molar-refractivity contribution in [1.29, 1.82) is 0 Å². The number of nitrogens with zero attached hydrogens (tertiary/aromatic N) is 1. The molecule has 1 N–H and O–H groups in total. The summed E-state index contributed by atoms with van der Waals surface area (Å²) in [7, 11) is 0. The third-order valence-corrected chi connectivity index (χ3v) is 5.97. The van der Waals surface area contributed by atoms with Gasteiger partial charge in [0.15, 0.2) is 0 Å². The Hall–Kier alpha value is -1.31. The summed E-state index contributed by atoms with van der Waals surface area (Å²) in [5, 5.41) is 3.88. The van der Waals surface area contributed by atoms with Crippen LogP contribution in [0.2, 0.25) is 0 Å². The van der Waals surface area contributed by atoms with Gasteiger partial charge in [-0.15, -0.1) is 0 Å². The van der Waals surface area contributed by atoms with Gasteiger partial charge in [-0.3, -0.25) is 4.99 Å². The first kappa shape index (κ1) is 18.5. The number of nitrogens with one attached hydrogen (secondary N) is 1. The molecule has 1 fully saturated rings. The molecule has 0 radical (unpaired) electrons. The van der Waals surface area contributed by atoms with Crippen molar-refractivity contribution in [2.45, 2.75) is 95.4 Å². The Morgan fingerprint density at radius 2 is 1.40 bits per heavy atom. The number of hydrogen-bond donors (Lipinski definition) is 1. The van der Waals surface area contributed by atoms with Crippen molar-refractivity contribution < 1.29 is 0 Å². The molecule has 138 valence electrons. The maximum atomic E-state index is 4.98. The predicted molar refractivity (Wildman–Crippen MR) is 108 cm³/mol. The van der Waals surface area contributed by atoms with Crippen LogP contribution in [0.4, 0.5) is 0 Å². The van der Waals surface area contributed by atoms with Crippen LogP contribution in [0.25, 0.3) is 0 Å². The monoisotopic (exact) mass is 340 g/mol. The molecule has 1 aromatic carbocycles. The van der Waals surface area contributed by atoms with Gasteiger partial charge in [0.2, 0.25) is 0 Å². The highest BCUT2D eigenvalue weighted by Gasteiger charge is 2.28. The maximum absolute atomic E-state index is 4.98. The lowest BCUT2D eigenvalue weighted by Crippen LogP contribution is -2.36. The van der Waals surface area contributed by atoms with Crippen LogP contribution in [0.5, 0.6) is 0 Å². The number of benzene rings is 1. The summed E-state index contributed by atoms with van der Waals surface area (Å²) >= 11 is 0. The molecule has 0 unspecified atom stereocenters. The summed E-state index contributed by atoms with van der Waals surface area (Å²) in [6.07, 6.45) is 17.5. The highest BCUT2D eigenvalue weighted by molar-refractivity contribution is 5.82. The standard InChI is InChI=1S/C23H36N2/c1-2-4-6-11-18-23(24-19-12-7-5-3-1)25-22-17-13-16-21(22)20-14-9-8-10-15-20/h8-10,14-15,21-22H,1-7,11-13,16-19H2,(H,24,25)/t21-,22-/m1/s1. The molecule has 0 amide bonds. The molecule has 1 heterocycles. The zero-order chi connectivity index (χ0) is 17.2. The minimum absolute atomic E-state index is 0.580. The number of amidine groups is 1. The highest BCUT2D eigenvalue weighted by Crippen LogP contribution is 2.34. The highest BCUT2D eigenvalue weighted by atomic mass is 15.0. The topological polar surface area (TPSA) is 24.4 Å². The Morgan fingerprint density at radius 3 is 2.16 bits per heavy atom. The van der Waals surface area contributed by atoms with Crippen molar-refractivity contribution >= 4 is 5.84 Å². The molecule has 2 nitrogen and oxygen atoms in total. The molecular weight excluding hydrogens is 304 g/mol. The van der Waals surface area contributed by atoms with Gasteiger partial charge in [-0.1, -0.05) is 81.7 Å². The molecule has 0 bridgehead atoms. The number of rotatable bonds is 2.